The second-order valence-electron chi connectivity index (χ2n) is 7.06. The molecule has 0 aromatic heterocycles. The lowest BCUT2D eigenvalue weighted by molar-refractivity contribution is -0.121. The Balaban J connectivity index is 1.54. The van der Waals surface area contributed by atoms with Crippen molar-refractivity contribution in [2.24, 2.45) is 0 Å². The van der Waals surface area contributed by atoms with Crippen LogP contribution in [0.15, 0.2) is 42.5 Å². The first kappa shape index (κ1) is 19.2. The topological polar surface area (TPSA) is 55.4 Å². The van der Waals surface area contributed by atoms with Crippen LogP contribution < -0.4 is 10.1 Å². The van der Waals surface area contributed by atoms with E-state index in [0.717, 1.165) is 36.1 Å². The summed E-state index contributed by atoms with van der Waals surface area (Å²) < 4.78 is 5.17. The van der Waals surface area contributed by atoms with Crippen molar-refractivity contribution in [1.29, 1.82) is 0 Å². The fourth-order valence-electron chi connectivity index (χ4n) is 3.64. The van der Waals surface area contributed by atoms with Crippen molar-refractivity contribution in [3.05, 3.63) is 64.7 Å². The van der Waals surface area contributed by atoms with E-state index in [1.165, 1.54) is 17.5 Å². The molecule has 2 aromatic rings. The van der Waals surface area contributed by atoms with Crippen LogP contribution in [0.5, 0.6) is 5.75 Å². The Labute approximate surface area is 160 Å². The molecule has 1 unspecified atom stereocenters. The number of ether oxygens (including phenoxy) is 1. The van der Waals surface area contributed by atoms with Gasteiger partial charge >= 0.3 is 0 Å². The van der Waals surface area contributed by atoms with E-state index >= 15 is 0 Å². The Morgan fingerprint density at radius 2 is 1.78 bits per heavy atom. The van der Waals surface area contributed by atoms with Crippen molar-refractivity contribution in [2.45, 2.75) is 51.5 Å². The minimum atomic E-state index is -0.0906. The van der Waals surface area contributed by atoms with Gasteiger partial charge in [0.2, 0.25) is 5.91 Å². The van der Waals surface area contributed by atoms with Gasteiger partial charge in [0, 0.05) is 18.4 Å². The summed E-state index contributed by atoms with van der Waals surface area (Å²) in [6, 6.07) is 13.6. The van der Waals surface area contributed by atoms with Crippen LogP contribution in [0.3, 0.4) is 0 Å². The van der Waals surface area contributed by atoms with Crippen molar-refractivity contribution < 1.29 is 14.3 Å². The van der Waals surface area contributed by atoms with Gasteiger partial charge in [0.1, 0.15) is 5.75 Å². The molecule has 1 amide bonds. The number of benzene rings is 2. The molecular weight excluding hydrogens is 338 g/mol. The van der Waals surface area contributed by atoms with Gasteiger partial charge in [-0.15, -0.1) is 0 Å². The number of methoxy groups -OCH3 is 1. The monoisotopic (exact) mass is 365 g/mol. The molecule has 1 aliphatic rings. The zero-order valence-corrected chi connectivity index (χ0v) is 16.1. The van der Waals surface area contributed by atoms with Gasteiger partial charge < -0.3 is 10.1 Å². The van der Waals surface area contributed by atoms with Crippen LogP contribution in [0.2, 0.25) is 0 Å². The lowest BCUT2D eigenvalue weighted by Gasteiger charge is -2.18. The Kier molecular flexibility index (Phi) is 6.28. The van der Waals surface area contributed by atoms with Crippen molar-refractivity contribution in [3.63, 3.8) is 0 Å². The minimum absolute atomic E-state index is 0.0392. The molecule has 3 rings (SSSR count). The van der Waals surface area contributed by atoms with E-state index in [1.54, 1.807) is 7.11 Å². The average Bonchev–Trinajstić information content (AvgIpc) is 3.18. The predicted octanol–water partition coefficient (Wildman–Crippen LogP) is 4.41. The molecule has 1 N–H and O–H groups in total. The van der Waals surface area contributed by atoms with Gasteiger partial charge in [-0.25, -0.2) is 0 Å². The first-order valence-corrected chi connectivity index (χ1v) is 9.69. The average molecular weight is 365 g/mol. The third-order valence-electron chi connectivity index (χ3n) is 5.26. The molecule has 4 heteroatoms. The van der Waals surface area contributed by atoms with E-state index in [9.17, 15) is 9.59 Å². The molecule has 0 aliphatic heterocycles. The van der Waals surface area contributed by atoms with E-state index in [4.69, 9.17) is 4.74 Å². The van der Waals surface area contributed by atoms with Gasteiger partial charge in [-0.2, -0.15) is 0 Å². The molecule has 0 heterocycles. The number of hydrogen-bond acceptors (Lipinski definition) is 3. The lowest BCUT2D eigenvalue weighted by Crippen LogP contribution is -2.28. The number of rotatable bonds is 8. The fraction of sp³-hybridized carbons (Fsp3) is 0.391. The summed E-state index contributed by atoms with van der Waals surface area (Å²) >= 11 is 0. The van der Waals surface area contributed by atoms with E-state index in [-0.39, 0.29) is 30.6 Å². The number of ketones is 1. The highest BCUT2D eigenvalue weighted by atomic mass is 16.5. The SMILES string of the molecule is CCC(NC(=O)CCC(=O)c1ccc2c(c1)CCC2)c1ccc(OC)cc1. The van der Waals surface area contributed by atoms with Gasteiger partial charge in [-0.05, 0) is 60.6 Å². The van der Waals surface area contributed by atoms with Crippen LogP contribution in [-0.2, 0) is 17.6 Å². The molecule has 0 saturated carbocycles. The van der Waals surface area contributed by atoms with Crippen molar-refractivity contribution >= 4 is 11.7 Å². The molecule has 1 atom stereocenters. The highest BCUT2D eigenvalue weighted by Gasteiger charge is 2.17. The first-order valence-electron chi connectivity index (χ1n) is 9.69. The van der Waals surface area contributed by atoms with Gasteiger partial charge in [-0.3, -0.25) is 9.59 Å². The molecule has 0 bridgehead atoms. The second kappa shape index (κ2) is 8.85. The van der Waals surface area contributed by atoms with Gasteiger partial charge in [-0.1, -0.05) is 31.2 Å². The van der Waals surface area contributed by atoms with E-state index in [0.29, 0.717) is 0 Å². The second-order valence-corrected chi connectivity index (χ2v) is 7.06. The Bertz CT molecular complexity index is 811. The standard InChI is InChI=1S/C23H27NO3/c1-3-21(17-9-11-20(27-2)12-10-17)24-23(26)14-13-22(25)19-8-7-16-5-4-6-18(16)15-19/h7-12,15,21H,3-6,13-14H2,1-2H3,(H,24,26). The quantitative estimate of drug-likeness (QED) is 0.705. The number of carbonyl (C=O) groups excluding carboxylic acids is 2. The number of aryl methyl sites for hydroxylation is 2. The summed E-state index contributed by atoms with van der Waals surface area (Å²) in [5.41, 5.74) is 4.41. The van der Waals surface area contributed by atoms with Crippen LogP contribution >= 0.6 is 0 Å². The largest absolute Gasteiger partial charge is 0.497 e. The minimum Gasteiger partial charge on any atom is -0.497 e. The van der Waals surface area contributed by atoms with Gasteiger partial charge in [0.25, 0.3) is 0 Å². The molecule has 1 aliphatic carbocycles. The summed E-state index contributed by atoms with van der Waals surface area (Å²) in [4.78, 5) is 24.8. The molecule has 27 heavy (non-hydrogen) atoms. The summed E-state index contributed by atoms with van der Waals surface area (Å²) in [6.45, 7) is 2.03. The summed E-state index contributed by atoms with van der Waals surface area (Å²) in [7, 11) is 1.63. The fourth-order valence-corrected chi connectivity index (χ4v) is 3.64. The summed E-state index contributed by atoms with van der Waals surface area (Å²) in [5, 5.41) is 3.04. The number of carbonyl (C=O) groups is 2. The highest BCUT2D eigenvalue weighted by Crippen LogP contribution is 2.24. The maximum Gasteiger partial charge on any atom is 0.220 e. The number of nitrogens with one attached hydrogen (secondary N) is 1. The first-order chi connectivity index (χ1) is 13.1. The van der Waals surface area contributed by atoms with Crippen LogP contribution in [0.1, 0.15) is 65.7 Å². The number of hydrogen-bond donors (Lipinski definition) is 1. The van der Waals surface area contributed by atoms with Crippen LogP contribution in [0.25, 0.3) is 0 Å². The van der Waals surface area contributed by atoms with Crippen LogP contribution in [0.4, 0.5) is 0 Å². The molecule has 0 spiro atoms. The van der Waals surface area contributed by atoms with E-state index < -0.39 is 0 Å². The zero-order chi connectivity index (χ0) is 19.2. The van der Waals surface area contributed by atoms with Crippen LogP contribution in [0, 0.1) is 0 Å². The van der Waals surface area contributed by atoms with Crippen molar-refractivity contribution in [3.8, 4) is 5.75 Å². The smallest absolute Gasteiger partial charge is 0.220 e. The molecule has 0 saturated heterocycles. The summed E-state index contributed by atoms with van der Waals surface area (Å²) in [6.07, 6.45) is 4.56. The number of fused-ring (bicyclic) bond motifs is 1. The summed E-state index contributed by atoms with van der Waals surface area (Å²) in [5.74, 6) is 0.740. The van der Waals surface area contributed by atoms with Crippen molar-refractivity contribution in [1.82, 2.24) is 5.32 Å². The molecule has 0 fully saturated rings. The normalized spacial score (nSPS) is 13.7. The number of Topliss-reactive ketones (excluding diaryl/α,β-unsaturated/α-hetero) is 1. The molecule has 2 aromatic carbocycles. The molecular formula is C23H27NO3. The molecule has 142 valence electrons. The third kappa shape index (κ3) is 4.76. The third-order valence-corrected chi connectivity index (χ3v) is 5.26. The zero-order valence-electron chi connectivity index (χ0n) is 16.1. The van der Waals surface area contributed by atoms with Gasteiger partial charge in [0.15, 0.2) is 5.78 Å². The molecule has 0 radical (unpaired) electrons. The Morgan fingerprint density at radius 1 is 1.04 bits per heavy atom. The Morgan fingerprint density at radius 3 is 2.48 bits per heavy atom. The van der Waals surface area contributed by atoms with E-state index in [2.05, 4.69) is 11.4 Å². The Hall–Kier alpha value is -2.62. The molecule has 4 nitrogen and oxygen atoms in total. The lowest BCUT2D eigenvalue weighted by atomic mass is 10.0. The maximum atomic E-state index is 12.5. The van der Waals surface area contributed by atoms with Crippen molar-refractivity contribution in [2.75, 3.05) is 7.11 Å². The van der Waals surface area contributed by atoms with E-state index in [1.807, 2.05) is 43.3 Å². The highest BCUT2D eigenvalue weighted by molar-refractivity contribution is 5.98. The number of amides is 1. The van der Waals surface area contributed by atoms with Gasteiger partial charge in [0.05, 0.1) is 13.2 Å². The maximum absolute atomic E-state index is 12.5. The predicted molar refractivity (Wildman–Crippen MR) is 106 cm³/mol. The van der Waals surface area contributed by atoms with Crippen LogP contribution in [-0.4, -0.2) is 18.8 Å².